The van der Waals surface area contributed by atoms with Crippen molar-refractivity contribution in [2.24, 2.45) is 0 Å². The molecule has 3 aromatic carbocycles. The van der Waals surface area contributed by atoms with Gasteiger partial charge >= 0.3 is 5.97 Å². The van der Waals surface area contributed by atoms with E-state index in [9.17, 15) is 9.90 Å². The van der Waals surface area contributed by atoms with E-state index < -0.39 is 6.10 Å². The summed E-state index contributed by atoms with van der Waals surface area (Å²) in [5.41, 5.74) is 3.48. The van der Waals surface area contributed by atoms with Crippen LogP contribution in [-0.2, 0) is 29.0 Å². The van der Waals surface area contributed by atoms with E-state index in [4.69, 9.17) is 4.74 Å². The molecule has 0 unspecified atom stereocenters. The summed E-state index contributed by atoms with van der Waals surface area (Å²) < 4.78 is 5.16. The molecular formula is C26H29NO3. The van der Waals surface area contributed by atoms with Crippen LogP contribution < -0.4 is 0 Å². The predicted molar refractivity (Wildman–Crippen MR) is 119 cm³/mol. The normalized spacial score (nSPS) is 13.0. The minimum atomic E-state index is -0.804. The van der Waals surface area contributed by atoms with Crippen LogP contribution in [0.15, 0.2) is 91.0 Å². The van der Waals surface area contributed by atoms with Gasteiger partial charge in [0.25, 0.3) is 0 Å². The smallest absolute Gasteiger partial charge is 0.302 e. The lowest BCUT2D eigenvalue weighted by Gasteiger charge is -2.35. The van der Waals surface area contributed by atoms with Crippen molar-refractivity contribution in [2.75, 3.05) is 6.61 Å². The third-order valence-electron chi connectivity index (χ3n) is 5.12. The van der Waals surface area contributed by atoms with E-state index in [2.05, 4.69) is 41.3 Å². The van der Waals surface area contributed by atoms with Crippen molar-refractivity contribution in [3.63, 3.8) is 0 Å². The molecule has 0 saturated carbocycles. The number of nitrogens with zero attached hydrogens (tertiary/aromatic N) is 1. The van der Waals surface area contributed by atoms with Gasteiger partial charge in [0.2, 0.25) is 0 Å². The van der Waals surface area contributed by atoms with Crippen molar-refractivity contribution in [3.05, 3.63) is 108 Å². The van der Waals surface area contributed by atoms with Crippen molar-refractivity contribution in [3.8, 4) is 0 Å². The predicted octanol–water partition coefficient (Wildman–Crippen LogP) is 4.22. The summed E-state index contributed by atoms with van der Waals surface area (Å²) in [7, 11) is 0. The summed E-state index contributed by atoms with van der Waals surface area (Å²) in [6.45, 7) is 2.71. The van der Waals surface area contributed by atoms with Gasteiger partial charge in [-0.2, -0.15) is 0 Å². The van der Waals surface area contributed by atoms with Crippen molar-refractivity contribution >= 4 is 5.97 Å². The van der Waals surface area contributed by atoms with Crippen molar-refractivity contribution in [1.82, 2.24) is 4.90 Å². The third kappa shape index (κ3) is 6.83. The molecule has 4 nitrogen and oxygen atoms in total. The Bertz CT molecular complexity index is 842. The third-order valence-corrected chi connectivity index (χ3v) is 5.12. The van der Waals surface area contributed by atoms with Gasteiger partial charge in [-0.3, -0.25) is 9.69 Å². The first-order valence-corrected chi connectivity index (χ1v) is 10.3. The van der Waals surface area contributed by atoms with E-state index in [0.29, 0.717) is 19.5 Å². The molecule has 0 aromatic heterocycles. The van der Waals surface area contributed by atoms with Crippen LogP contribution in [0.3, 0.4) is 0 Å². The Morgan fingerprint density at radius 1 is 0.800 bits per heavy atom. The fourth-order valence-corrected chi connectivity index (χ4v) is 3.60. The summed E-state index contributed by atoms with van der Waals surface area (Å²) in [6, 6.07) is 30.4. The highest BCUT2D eigenvalue weighted by molar-refractivity contribution is 5.65. The first kappa shape index (κ1) is 21.8. The molecule has 3 rings (SSSR count). The second kappa shape index (κ2) is 11.3. The molecule has 0 fully saturated rings. The van der Waals surface area contributed by atoms with Gasteiger partial charge in [0.05, 0.1) is 0 Å². The van der Waals surface area contributed by atoms with E-state index in [-0.39, 0.29) is 18.6 Å². The summed E-state index contributed by atoms with van der Waals surface area (Å²) >= 11 is 0. The lowest BCUT2D eigenvalue weighted by molar-refractivity contribution is -0.145. The van der Waals surface area contributed by atoms with Crippen LogP contribution in [0.1, 0.15) is 23.6 Å². The first-order valence-electron chi connectivity index (χ1n) is 10.3. The van der Waals surface area contributed by atoms with Crippen LogP contribution in [-0.4, -0.2) is 34.7 Å². The van der Waals surface area contributed by atoms with Gasteiger partial charge in [0.15, 0.2) is 0 Å². The highest BCUT2D eigenvalue weighted by Crippen LogP contribution is 2.20. The summed E-state index contributed by atoms with van der Waals surface area (Å²) in [5, 5.41) is 11.0. The van der Waals surface area contributed by atoms with Crippen LogP contribution in [0.2, 0.25) is 0 Å². The van der Waals surface area contributed by atoms with E-state index in [1.54, 1.807) is 0 Å². The number of aliphatic hydroxyl groups is 1. The standard InChI is InChI=1S/C26H29NO3/c1-21(28)30-20-26(29)25(17-22-11-5-2-6-12-22)27(18-23-13-7-3-8-14-23)19-24-15-9-4-10-16-24/h2-16,25-26,29H,17-20H2,1H3/t25-,26+/m0/s1. The second-order valence-electron chi connectivity index (χ2n) is 7.50. The first-order chi connectivity index (χ1) is 14.6. The molecule has 0 saturated heterocycles. The van der Waals surface area contributed by atoms with Gasteiger partial charge in [-0.1, -0.05) is 91.0 Å². The molecule has 1 N–H and O–H groups in total. The van der Waals surface area contributed by atoms with Gasteiger partial charge in [-0.15, -0.1) is 0 Å². The molecule has 2 atom stereocenters. The fraction of sp³-hybridized carbons (Fsp3) is 0.269. The largest absolute Gasteiger partial charge is 0.463 e. The second-order valence-corrected chi connectivity index (χ2v) is 7.50. The monoisotopic (exact) mass is 403 g/mol. The van der Waals surface area contributed by atoms with Crippen LogP contribution in [0.25, 0.3) is 0 Å². The van der Waals surface area contributed by atoms with Crippen molar-refractivity contribution in [2.45, 2.75) is 38.6 Å². The lowest BCUT2D eigenvalue weighted by atomic mass is 9.98. The van der Waals surface area contributed by atoms with E-state index >= 15 is 0 Å². The zero-order valence-electron chi connectivity index (χ0n) is 17.4. The zero-order valence-corrected chi connectivity index (χ0v) is 17.4. The Kier molecular flexibility index (Phi) is 8.19. The maximum absolute atomic E-state index is 11.3. The highest BCUT2D eigenvalue weighted by atomic mass is 16.5. The van der Waals surface area contributed by atoms with Crippen molar-refractivity contribution < 1.29 is 14.6 Å². The van der Waals surface area contributed by atoms with Crippen LogP contribution >= 0.6 is 0 Å². The molecule has 4 heteroatoms. The topological polar surface area (TPSA) is 49.8 Å². The molecule has 0 amide bonds. The van der Waals surface area contributed by atoms with Gasteiger partial charge in [-0.25, -0.2) is 0 Å². The Labute approximate surface area is 178 Å². The molecule has 0 aliphatic heterocycles. The maximum atomic E-state index is 11.3. The average Bonchev–Trinajstić information content (AvgIpc) is 2.77. The van der Waals surface area contributed by atoms with E-state index in [1.165, 1.54) is 18.1 Å². The minimum Gasteiger partial charge on any atom is -0.463 e. The molecule has 0 radical (unpaired) electrons. The van der Waals surface area contributed by atoms with Gasteiger partial charge in [0.1, 0.15) is 12.7 Å². The summed E-state index contributed by atoms with van der Waals surface area (Å²) in [4.78, 5) is 13.6. The lowest BCUT2D eigenvalue weighted by Crippen LogP contribution is -2.46. The van der Waals surface area contributed by atoms with E-state index in [0.717, 1.165) is 5.56 Å². The van der Waals surface area contributed by atoms with Gasteiger partial charge in [-0.05, 0) is 23.1 Å². The number of esters is 1. The highest BCUT2D eigenvalue weighted by Gasteiger charge is 2.28. The molecule has 0 spiro atoms. The summed E-state index contributed by atoms with van der Waals surface area (Å²) in [5.74, 6) is -0.384. The minimum absolute atomic E-state index is 0.0209. The molecule has 0 aliphatic rings. The van der Waals surface area contributed by atoms with E-state index in [1.807, 2.05) is 54.6 Å². The number of aliphatic hydroxyl groups excluding tert-OH is 1. The van der Waals surface area contributed by atoms with Gasteiger partial charge in [0, 0.05) is 26.1 Å². The van der Waals surface area contributed by atoms with Gasteiger partial charge < -0.3 is 9.84 Å². The summed E-state index contributed by atoms with van der Waals surface area (Å²) in [6.07, 6.45) is -0.148. The Morgan fingerprint density at radius 2 is 1.23 bits per heavy atom. The zero-order chi connectivity index (χ0) is 21.2. The quantitative estimate of drug-likeness (QED) is 0.515. The maximum Gasteiger partial charge on any atom is 0.302 e. The number of rotatable bonds is 10. The molecular weight excluding hydrogens is 374 g/mol. The molecule has 156 valence electrons. The van der Waals surface area contributed by atoms with Crippen LogP contribution in [0.4, 0.5) is 0 Å². The molecule has 0 aliphatic carbocycles. The fourth-order valence-electron chi connectivity index (χ4n) is 3.60. The molecule has 0 heterocycles. The van der Waals surface area contributed by atoms with Crippen molar-refractivity contribution in [1.29, 1.82) is 0 Å². The number of hydrogen-bond acceptors (Lipinski definition) is 4. The molecule has 3 aromatic rings. The van der Waals surface area contributed by atoms with Crippen LogP contribution in [0.5, 0.6) is 0 Å². The Balaban J connectivity index is 1.89. The SMILES string of the molecule is CC(=O)OC[C@@H](O)[C@H](Cc1ccccc1)N(Cc1ccccc1)Cc1ccccc1. The number of ether oxygens (including phenoxy) is 1. The average molecular weight is 404 g/mol. The Hall–Kier alpha value is -2.95. The number of carbonyl (C=O) groups excluding carboxylic acids is 1. The molecule has 0 bridgehead atoms. The molecule has 30 heavy (non-hydrogen) atoms. The number of benzene rings is 3. The van der Waals surface area contributed by atoms with Crippen LogP contribution in [0, 0.1) is 0 Å². The number of hydrogen-bond donors (Lipinski definition) is 1. The Morgan fingerprint density at radius 3 is 1.67 bits per heavy atom. The number of carbonyl (C=O) groups is 1.